The Kier molecular flexibility index (Phi) is 6.07. The number of rotatable bonds is 6. The third-order valence-electron chi connectivity index (χ3n) is 6.26. The highest BCUT2D eigenvalue weighted by atomic mass is 79.9. The summed E-state index contributed by atoms with van der Waals surface area (Å²) in [5.74, 6) is 0.333. The third-order valence-corrected chi connectivity index (χ3v) is 6.69. The smallest absolute Gasteiger partial charge is 0.143 e. The van der Waals surface area contributed by atoms with Crippen molar-refractivity contribution in [3.8, 4) is 5.75 Å². The van der Waals surface area contributed by atoms with Crippen LogP contribution in [0.3, 0.4) is 0 Å². The number of aromatic hydroxyl groups is 1. The Morgan fingerprint density at radius 1 is 0.903 bits per heavy atom. The number of phenols is 1. The molecule has 2 aromatic heterocycles. The van der Waals surface area contributed by atoms with Crippen molar-refractivity contribution < 1.29 is 5.11 Å². The molecule has 1 aromatic carbocycles. The molecule has 0 unspecified atom stereocenters. The van der Waals surface area contributed by atoms with E-state index in [-0.39, 0.29) is 0 Å². The van der Waals surface area contributed by atoms with Crippen LogP contribution >= 0.6 is 15.9 Å². The normalized spacial score (nSPS) is 17.6. The van der Waals surface area contributed by atoms with Crippen molar-refractivity contribution in [3.05, 3.63) is 52.3 Å². The van der Waals surface area contributed by atoms with E-state index in [0.717, 1.165) is 71.7 Å². The predicted molar refractivity (Wildman–Crippen MR) is 128 cm³/mol. The Morgan fingerprint density at radius 3 is 2.35 bits per heavy atom. The lowest BCUT2D eigenvalue weighted by molar-refractivity contribution is 0.320. The van der Waals surface area contributed by atoms with Crippen LogP contribution in [0.15, 0.2) is 41.1 Å². The van der Waals surface area contributed by atoms with Crippen molar-refractivity contribution in [2.75, 3.05) is 31.5 Å². The monoisotopic (exact) mass is 481 g/mol. The molecule has 0 aliphatic carbocycles. The summed E-state index contributed by atoms with van der Waals surface area (Å²) in [4.78, 5) is 13.9. The molecule has 2 aliphatic rings. The van der Waals surface area contributed by atoms with Crippen molar-refractivity contribution in [3.63, 3.8) is 0 Å². The van der Waals surface area contributed by atoms with Crippen molar-refractivity contribution in [1.82, 2.24) is 19.8 Å². The van der Waals surface area contributed by atoms with Gasteiger partial charge >= 0.3 is 0 Å². The van der Waals surface area contributed by atoms with E-state index in [4.69, 9.17) is 0 Å². The minimum Gasteiger partial charge on any atom is -0.505 e. The molecule has 4 heterocycles. The van der Waals surface area contributed by atoms with Crippen LogP contribution in [0, 0.1) is 0 Å². The second-order valence-electron chi connectivity index (χ2n) is 8.62. The number of halogens is 1. The zero-order chi connectivity index (χ0) is 21.2. The maximum Gasteiger partial charge on any atom is 0.143 e. The maximum atomic E-state index is 11.2. The molecule has 2 fully saturated rings. The fourth-order valence-corrected chi connectivity index (χ4v) is 5.02. The molecule has 162 valence electrons. The van der Waals surface area contributed by atoms with Crippen LogP contribution in [0.5, 0.6) is 5.75 Å². The van der Waals surface area contributed by atoms with Gasteiger partial charge in [0.15, 0.2) is 0 Å². The fourth-order valence-electron chi connectivity index (χ4n) is 4.70. The largest absolute Gasteiger partial charge is 0.505 e. The van der Waals surface area contributed by atoms with E-state index in [1.54, 1.807) is 12.4 Å². The van der Waals surface area contributed by atoms with Gasteiger partial charge in [0, 0.05) is 35.5 Å². The van der Waals surface area contributed by atoms with Gasteiger partial charge in [-0.05, 0) is 97.6 Å². The van der Waals surface area contributed by atoms with E-state index >= 15 is 0 Å². The average molecular weight is 482 g/mol. The number of nitrogens with zero attached hydrogens (tertiary/aromatic N) is 4. The summed E-state index contributed by atoms with van der Waals surface area (Å²) in [5, 5.41) is 14.6. The van der Waals surface area contributed by atoms with Crippen LogP contribution in [0.1, 0.15) is 36.8 Å². The molecule has 31 heavy (non-hydrogen) atoms. The van der Waals surface area contributed by atoms with Gasteiger partial charge in [-0.25, -0.2) is 0 Å². The van der Waals surface area contributed by atoms with Crippen LogP contribution in [0.2, 0.25) is 0 Å². The van der Waals surface area contributed by atoms with E-state index in [0.29, 0.717) is 5.75 Å². The predicted octanol–water partition coefficient (Wildman–Crippen LogP) is 5.03. The molecule has 2 saturated heterocycles. The van der Waals surface area contributed by atoms with Gasteiger partial charge in [0.25, 0.3) is 0 Å². The number of pyridine rings is 2. The lowest BCUT2D eigenvalue weighted by Gasteiger charge is -2.21. The van der Waals surface area contributed by atoms with E-state index in [2.05, 4.69) is 53.1 Å². The van der Waals surface area contributed by atoms with Crippen LogP contribution < -0.4 is 5.32 Å². The average Bonchev–Trinajstić information content (AvgIpc) is 3.45. The highest BCUT2D eigenvalue weighted by Gasteiger charge is 2.19. The van der Waals surface area contributed by atoms with Gasteiger partial charge in [-0.1, -0.05) is 0 Å². The summed E-state index contributed by atoms with van der Waals surface area (Å²) >= 11 is 3.47. The summed E-state index contributed by atoms with van der Waals surface area (Å²) < 4.78 is 0.896. The van der Waals surface area contributed by atoms with E-state index < -0.39 is 0 Å². The first-order valence-electron chi connectivity index (χ1n) is 11.1. The van der Waals surface area contributed by atoms with Crippen molar-refractivity contribution >= 4 is 38.3 Å². The highest BCUT2D eigenvalue weighted by molar-refractivity contribution is 9.10. The first kappa shape index (κ1) is 20.7. The number of likely N-dealkylation sites (tertiary alicyclic amines) is 2. The van der Waals surface area contributed by atoms with Crippen LogP contribution in [0.4, 0.5) is 11.4 Å². The first-order valence-corrected chi connectivity index (χ1v) is 11.9. The molecular weight excluding hydrogens is 454 g/mol. The van der Waals surface area contributed by atoms with Gasteiger partial charge < -0.3 is 10.4 Å². The van der Waals surface area contributed by atoms with Gasteiger partial charge in [0.05, 0.1) is 16.9 Å². The second-order valence-corrected chi connectivity index (χ2v) is 9.54. The molecule has 5 rings (SSSR count). The van der Waals surface area contributed by atoms with Gasteiger partial charge in [0.2, 0.25) is 0 Å². The molecule has 0 bridgehead atoms. The zero-order valence-corrected chi connectivity index (χ0v) is 19.2. The quantitative estimate of drug-likeness (QED) is 0.481. The first-order chi connectivity index (χ1) is 15.2. The molecule has 0 atom stereocenters. The number of anilines is 2. The number of hydrogen-bond acceptors (Lipinski definition) is 6. The molecule has 0 amide bonds. The molecule has 0 spiro atoms. The van der Waals surface area contributed by atoms with Crippen molar-refractivity contribution in [2.45, 2.75) is 38.8 Å². The Bertz CT molecular complexity index is 1080. The van der Waals surface area contributed by atoms with E-state index in [1.807, 2.05) is 12.1 Å². The standard InChI is InChI=1S/C24H28BrN5O/c25-19-13-21-23(27-14-19)20(5-6-26-21)28-22-12-17(15-29-7-1-2-8-29)11-18(24(22)31)16-30-9-3-4-10-30/h5-6,11-14,31H,1-4,7-10,15-16H2,(H,26,28). The molecule has 0 saturated carbocycles. The van der Waals surface area contributed by atoms with Gasteiger partial charge in [-0.2, -0.15) is 0 Å². The SMILES string of the molecule is Oc1c(CN2CCCC2)cc(CN2CCCC2)cc1Nc1ccnc2cc(Br)cnc12. The van der Waals surface area contributed by atoms with E-state index in [1.165, 1.54) is 31.2 Å². The molecule has 0 radical (unpaired) electrons. The Hall–Kier alpha value is -2.22. The minimum absolute atomic E-state index is 0.333. The number of benzene rings is 1. The van der Waals surface area contributed by atoms with Crippen molar-refractivity contribution in [1.29, 1.82) is 0 Å². The van der Waals surface area contributed by atoms with Crippen LogP contribution in [-0.4, -0.2) is 51.1 Å². The Morgan fingerprint density at radius 2 is 1.61 bits per heavy atom. The summed E-state index contributed by atoms with van der Waals surface area (Å²) in [6.45, 7) is 6.22. The molecule has 2 aliphatic heterocycles. The number of nitrogens with one attached hydrogen (secondary N) is 1. The Balaban J connectivity index is 1.50. The van der Waals surface area contributed by atoms with Gasteiger partial charge in [-0.15, -0.1) is 0 Å². The molecule has 7 heteroatoms. The Labute approximate surface area is 191 Å². The highest BCUT2D eigenvalue weighted by Crippen LogP contribution is 2.35. The molecular formula is C24H28BrN5O. The molecule has 3 aromatic rings. The summed E-state index contributed by atoms with van der Waals surface area (Å²) in [6.07, 6.45) is 8.57. The van der Waals surface area contributed by atoms with Crippen LogP contribution in [-0.2, 0) is 13.1 Å². The minimum atomic E-state index is 0.333. The number of fused-ring (bicyclic) bond motifs is 1. The lowest BCUT2D eigenvalue weighted by Crippen LogP contribution is -2.20. The number of hydrogen-bond donors (Lipinski definition) is 2. The maximum absolute atomic E-state index is 11.2. The number of aromatic nitrogens is 2. The van der Waals surface area contributed by atoms with Gasteiger partial charge in [-0.3, -0.25) is 19.8 Å². The lowest BCUT2D eigenvalue weighted by atomic mass is 10.1. The van der Waals surface area contributed by atoms with E-state index in [9.17, 15) is 5.11 Å². The third kappa shape index (κ3) is 4.68. The van der Waals surface area contributed by atoms with Crippen LogP contribution in [0.25, 0.3) is 11.0 Å². The topological polar surface area (TPSA) is 64.5 Å². The summed E-state index contributed by atoms with van der Waals surface area (Å²) in [7, 11) is 0. The summed E-state index contributed by atoms with van der Waals surface area (Å²) in [5.41, 5.74) is 5.42. The summed E-state index contributed by atoms with van der Waals surface area (Å²) in [6, 6.07) is 8.15. The van der Waals surface area contributed by atoms with Gasteiger partial charge in [0.1, 0.15) is 11.3 Å². The molecule has 2 N–H and O–H groups in total. The second kappa shape index (κ2) is 9.10. The van der Waals surface area contributed by atoms with Crippen molar-refractivity contribution in [2.24, 2.45) is 0 Å². The number of phenolic OH excluding ortho intramolecular Hbond substituents is 1. The fraction of sp³-hybridized carbons (Fsp3) is 0.417. The zero-order valence-electron chi connectivity index (χ0n) is 17.6. The molecule has 6 nitrogen and oxygen atoms in total.